The van der Waals surface area contributed by atoms with Crippen LogP contribution < -0.4 is 15.3 Å². The zero-order valence-corrected chi connectivity index (χ0v) is 21.2. The van der Waals surface area contributed by atoms with Crippen molar-refractivity contribution in [1.29, 1.82) is 10.5 Å². The fourth-order valence-corrected chi connectivity index (χ4v) is 4.98. The van der Waals surface area contributed by atoms with Crippen LogP contribution >= 0.6 is 0 Å². The maximum atomic E-state index is 13.7. The molecule has 0 aliphatic heterocycles. The maximum Gasteiger partial charge on any atom is 0.288 e. The Morgan fingerprint density at radius 3 is 1.92 bits per heavy atom. The van der Waals surface area contributed by atoms with Gasteiger partial charge in [0.1, 0.15) is 17.7 Å². The lowest BCUT2D eigenvalue weighted by Crippen LogP contribution is -2.36. The molecule has 0 saturated heterocycles. The van der Waals surface area contributed by atoms with Gasteiger partial charge in [-0.3, -0.25) is 4.79 Å². The van der Waals surface area contributed by atoms with Gasteiger partial charge in [0, 0.05) is 30.9 Å². The normalized spacial score (nSPS) is 10.8. The van der Waals surface area contributed by atoms with Crippen LogP contribution in [0, 0.1) is 29.6 Å². The highest BCUT2D eigenvalue weighted by Gasteiger charge is 2.27. The summed E-state index contributed by atoms with van der Waals surface area (Å²) in [6.07, 6.45) is 0. The summed E-state index contributed by atoms with van der Waals surface area (Å²) in [6.45, 7) is 1.89. The second-order valence-corrected chi connectivity index (χ2v) is 10.2. The van der Waals surface area contributed by atoms with Gasteiger partial charge in [-0.25, -0.2) is 9.51 Å². The smallest absolute Gasteiger partial charge is 0.288 e. The molecule has 0 aliphatic rings. The Labute approximate surface area is 215 Å². The summed E-state index contributed by atoms with van der Waals surface area (Å²) >= 11 is 0. The molecule has 9 heteroatoms. The standard InChI is InChI=1S/C28H23N5O3S/c1-19-9-11-21(12-10-19)27-24(17-29)26(20-13-15-22(16-14-20)32(2)3)25(18-30)28(34)33(27)31-37(35,36)23-7-5-4-6-8-23/h4-16,31H,1-3H3. The Morgan fingerprint density at radius 1 is 0.811 bits per heavy atom. The molecular weight excluding hydrogens is 486 g/mol. The summed E-state index contributed by atoms with van der Waals surface area (Å²) in [5, 5.41) is 20.3. The molecule has 1 N–H and O–H groups in total. The van der Waals surface area contributed by atoms with Crippen molar-refractivity contribution in [2.24, 2.45) is 0 Å². The summed E-state index contributed by atoms with van der Waals surface area (Å²) in [5.41, 5.74) is 1.70. The fraction of sp³-hybridized carbons (Fsp3) is 0.107. The number of pyridine rings is 1. The quantitative estimate of drug-likeness (QED) is 0.415. The van der Waals surface area contributed by atoms with Gasteiger partial charge in [0.15, 0.2) is 0 Å². The third-order valence-electron chi connectivity index (χ3n) is 5.86. The largest absolute Gasteiger partial charge is 0.378 e. The number of nitrogens with zero attached hydrogens (tertiary/aromatic N) is 4. The highest BCUT2D eigenvalue weighted by Crippen LogP contribution is 2.34. The van der Waals surface area contributed by atoms with E-state index in [-0.39, 0.29) is 27.3 Å². The molecule has 0 bridgehead atoms. The van der Waals surface area contributed by atoms with Gasteiger partial charge >= 0.3 is 0 Å². The Balaban J connectivity index is 2.08. The average molecular weight is 510 g/mol. The molecule has 184 valence electrons. The van der Waals surface area contributed by atoms with Crippen LogP contribution in [0.25, 0.3) is 22.4 Å². The molecule has 0 aliphatic carbocycles. The zero-order valence-electron chi connectivity index (χ0n) is 20.4. The molecule has 0 spiro atoms. The van der Waals surface area contributed by atoms with E-state index in [1.807, 2.05) is 44.1 Å². The first-order valence-electron chi connectivity index (χ1n) is 11.2. The van der Waals surface area contributed by atoms with Gasteiger partial charge in [0.2, 0.25) is 0 Å². The molecule has 0 saturated carbocycles. The minimum absolute atomic E-state index is 0.00614. The van der Waals surface area contributed by atoms with Crippen LogP contribution in [0.4, 0.5) is 5.69 Å². The van der Waals surface area contributed by atoms with E-state index in [4.69, 9.17) is 0 Å². The van der Waals surface area contributed by atoms with Crippen molar-refractivity contribution in [2.75, 3.05) is 23.8 Å². The molecule has 0 amide bonds. The molecule has 3 aromatic carbocycles. The van der Waals surface area contributed by atoms with E-state index in [0.717, 1.165) is 15.9 Å². The molecule has 0 radical (unpaired) electrons. The van der Waals surface area contributed by atoms with Crippen LogP contribution in [0.15, 0.2) is 88.6 Å². The average Bonchev–Trinajstić information content (AvgIpc) is 2.90. The van der Waals surface area contributed by atoms with Gasteiger partial charge in [0.25, 0.3) is 15.6 Å². The van der Waals surface area contributed by atoms with E-state index >= 15 is 0 Å². The molecule has 8 nitrogen and oxygen atoms in total. The van der Waals surface area contributed by atoms with Crippen LogP contribution in [-0.4, -0.2) is 27.2 Å². The van der Waals surface area contributed by atoms with Gasteiger partial charge < -0.3 is 4.90 Å². The monoisotopic (exact) mass is 509 g/mol. The first-order chi connectivity index (χ1) is 17.7. The zero-order chi connectivity index (χ0) is 26.7. The molecule has 1 heterocycles. The van der Waals surface area contributed by atoms with Gasteiger partial charge in [-0.1, -0.05) is 60.2 Å². The summed E-state index contributed by atoms with van der Waals surface area (Å²) in [7, 11) is -0.467. The van der Waals surface area contributed by atoms with Gasteiger partial charge in [-0.15, -0.1) is 0 Å². The molecule has 4 aromatic rings. The molecule has 0 unspecified atom stereocenters. The van der Waals surface area contributed by atoms with E-state index < -0.39 is 15.6 Å². The molecular formula is C28H23N5O3S. The number of benzene rings is 3. The minimum Gasteiger partial charge on any atom is -0.378 e. The molecule has 37 heavy (non-hydrogen) atoms. The van der Waals surface area contributed by atoms with Crippen molar-refractivity contribution < 1.29 is 8.42 Å². The predicted molar refractivity (Wildman–Crippen MR) is 143 cm³/mol. The highest BCUT2D eigenvalue weighted by molar-refractivity contribution is 7.92. The third-order valence-corrected chi connectivity index (χ3v) is 7.18. The Morgan fingerprint density at radius 2 is 1.38 bits per heavy atom. The second kappa shape index (κ2) is 10.0. The fourth-order valence-electron chi connectivity index (χ4n) is 3.95. The Kier molecular flexibility index (Phi) is 6.83. The summed E-state index contributed by atoms with van der Waals surface area (Å²) in [5.74, 6) is 0. The number of aromatic nitrogens is 1. The van der Waals surface area contributed by atoms with E-state index in [1.165, 1.54) is 12.1 Å². The van der Waals surface area contributed by atoms with Crippen molar-refractivity contribution in [3.63, 3.8) is 0 Å². The van der Waals surface area contributed by atoms with Crippen molar-refractivity contribution in [3.05, 3.63) is 106 Å². The molecule has 4 rings (SSSR count). The van der Waals surface area contributed by atoms with Crippen molar-refractivity contribution in [3.8, 4) is 34.5 Å². The van der Waals surface area contributed by atoms with E-state index in [9.17, 15) is 23.7 Å². The number of nitriles is 2. The summed E-state index contributed by atoms with van der Waals surface area (Å²) < 4.78 is 27.2. The van der Waals surface area contributed by atoms with Crippen molar-refractivity contribution in [2.45, 2.75) is 11.8 Å². The number of hydrogen-bond acceptors (Lipinski definition) is 6. The molecule has 0 atom stereocenters. The number of aryl methyl sites for hydroxylation is 1. The van der Waals surface area contributed by atoms with Crippen LogP contribution in [-0.2, 0) is 10.0 Å². The number of anilines is 1. The van der Waals surface area contributed by atoms with Crippen LogP contribution in [0.3, 0.4) is 0 Å². The highest BCUT2D eigenvalue weighted by atomic mass is 32.2. The lowest BCUT2D eigenvalue weighted by molar-refractivity contribution is 0.594. The molecule has 0 fully saturated rings. The van der Waals surface area contributed by atoms with Crippen LogP contribution in [0.1, 0.15) is 16.7 Å². The second-order valence-electron chi connectivity index (χ2n) is 8.55. The lowest BCUT2D eigenvalue weighted by Gasteiger charge is -2.20. The van der Waals surface area contributed by atoms with Gasteiger partial charge in [-0.05, 0) is 36.8 Å². The van der Waals surface area contributed by atoms with E-state index in [2.05, 4.69) is 10.9 Å². The number of hydrogen-bond donors (Lipinski definition) is 1. The lowest BCUT2D eigenvalue weighted by atomic mass is 9.92. The van der Waals surface area contributed by atoms with Crippen LogP contribution in [0.5, 0.6) is 0 Å². The molecule has 1 aromatic heterocycles. The summed E-state index contributed by atoms with van der Waals surface area (Å²) in [6, 6.07) is 25.6. The van der Waals surface area contributed by atoms with Crippen molar-refractivity contribution in [1.82, 2.24) is 4.68 Å². The predicted octanol–water partition coefficient (Wildman–Crippen LogP) is 4.23. The van der Waals surface area contributed by atoms with Gasteiger partial charge in [0.05, 0.1) is 16.2 Å². The van der Waals surface area contributed by atoms with Crippen LogP contribution in [0.2, 0.25) is 0 Å². The number of nitrogens with one attached hydrogen (secondary N) is 1. The number of sulfonamides is 1. The van der Waals surface area contributed by atoms with E-state index in [1.54, 1.807) is 54.6 Å². The van der Waals surface area contributed by atoms with Crippen molar-refractivity contribution >= 4 is 15.7 Å². The minimum atomic E-state index is -4.23. The third kappa shape index (κ3) is 4.81. The SMILES string of the molecule is Cc1ccc(-c2c(C#N)c(-c3ccc(N(C)C)cc3)c(C#N)c(=O)n2NS(=O)(=O)c2ccccc2)cc1. The maximum absolute atomic E-state index is 13.7. The first-order valence-corrected chi connectivity index (χ1v) is 12.7. The Hall–Kier alpha value is -4.86. The first kappa shape index (κ1) is 25.2. The summed E-state index contributed by atoms with van der Waals surface area (Å²) in [4.78, 5) is 17.8. The van der Waals surface area contributed by atoms with Gasteiger partial charge in [-0.2, -0.15) is 18.9 Å². The Bertz CT molecular complexity index is 1710. The van der Waals surface area contributed by atoms with E-state index in [0.29, 0.717) is 11.1 Å². The number of rotatable bonds is 6. The topological polar surface area (TPSA) is 119 Å².